The first-order valence-electron chi connectivity index (χ1n) is 49.5. The fourth-order valence-electron chi connectivity index (χ4n) is 20.2. The number of methoxy groups -OCH3 is 6. The molecule has 0 saturated carbocycles. The highest BCUT2D eigenvalue weighted by Crippen LogP contribution is 2.63. The average Bonchev–Trinajstić information content (AvgIpc) is 1.36. The number of rotatable bonds is 18. The van der Waals surface area contributed by atoms with E-state index in [0.717, 1.165) is 26.8 Å². The van der Waals surface area contributed by atoms with Crippen molar-refractivity contribution in [1.29, 1.82) is 0 Å². The number of phenols is 3. The molecule has 9 fully saturated rings. The molecule has 3 aliphatic carbocycles. The molecule has 732 valence electrons. The number of aromatic hydroxyl groups is 3. The standard InChI is InChI=1S/3C32H32O13S/c3*1-37-19-6-13(7-20(38-2)25(19)33)23-14-8-17-18(42-12-41-17)9-15(14)28(16-10-39-30(36)24(16)23)44-32-27(35)26(34)29-21(43-32)11-40-31(45-29)22-4-3-5-46-22/h3*3-9,16,21,23-24,26-29,31-35H,10-12H2,1-2H3/t3*16-,21+,23+,24-,26+,27+,28+,29+,31+,32-/m000/s1/i1D3,2D3,24D;23D,24D;10D2,24D. The smallest absolute Gasteiger partial charge is 0.310 e. The number of ether oxygens (including phenoxy) is 27. The molecular formula is C96H96O39S3. The van der Waals surface area contributed by atoms with Gasteiger partial charge in [0.2, 0.25) is 37.6 Å². The molecule has 3 aromatic heterocycles. The van der Waals surface area contributed by atoms with E-state index in [9.17, 15) is 65.8 Å². The van der Waals surface area contributed by atoms with E-state index in [-0.39, 0.29) is 139 Å². The van der Waals surface area contributed by atoms with Crippen molar-refractivity contribution in [3.63, 3.8) is 0 Å². The van der Waals surface area contributed by atoms with E-state index >= 15 is 0 Å². The number of carbonyl (C=O) groups excluding carboxylic acids is 3. The van der Waals surface area contributed by atoms with Crippen molar-refractivity contribution in [3.8, 4) is 86.2 Å². The molecule has 24 rings (SSSR count). The second kappa shape index (κ2) is 37.6. The molecule has 12 aliphatic heterocycles. The van der Waals surface area contributed by atoms with Gasteiger partial charge in [-0.25, -0.2) is 0 Å². The van der Waals surface area contributed by atoms with Crippen LogP contribution in [0, 0.1) is 35.4 Å². The van der Waals surface area contributed by atoms with Crippen LogP contribution in [0.5, 0.6) is 86.2 Å². The Kier molecular flexibility index (Phi) is 21.5. The number of benzene rings is 6. The molecule has 9 aromatic rings. The zero-order chi connectivity index (χ0) is 106. The van der Waals surface area contributed by atoms with Gasteiger partial charge in [-0.05, 0) is 157 Å². The number of aliphatic hydroxyl groups is 6. The summed E-state index contributed by atoms with van der Waals surface area (Å²) in [6.45, 7) is -3.80. The van der Waals surface area contributed by atoms with E-state index in [1.165, 1.54) is 98.8 Å². The molecule has 9 N–H and O–H groups in total. The minimum atomic E-state index is -3.11. The number of thiophene rings is 3. The van der Waals surface area contributed by atoms with Gasteiger partial charge in [0, 0.05) is 41.0 Å². The van der Waals surface area contributed by atoms with Crippen LogP contribution >= 0.6 is 34.0 Å². The Morgan fingerprint density at radius 1 is 0.355 bits per heavy atom. The van der Waals surface area contributed by atoms with Crippen LogP contribution in [0.1, 0.15) is 136 Å². The van der Waals surface area contributed by atoms with Gasteiger partial charge in [0.1, 0.15) is 73.2 Å². The summed E-state index contributed by atoms with van der Waals surface area (Å²) in [5, 5.41) is 105. The maximum atomic E-state index is 13.8. The maximum Gasteiger partial charge on any atom is 0.310 e. The summed E-state index contributed by atoms with van der Waals surface area (Å²) >= 11 is 4.24. The van der Waals surface area contributed by atoms with Crippen LogP contribution < -0.4 is 56.8 Å². The molecule has 15 aliphatic rings. The third-order valence-corrected chi connectivity index (χ3v) is 29.4. The van der Waals surface area contributed by atoms with E-state index in [4.69, 9.17) is 139 Å². The molecule has 39 nitrogen and oxygen atoms in total. The Bertz CT molecular complexity index is 6550. The fraction of sp³-hybridized carbons (Fsp3) is 0.469. The second-order valence-corrected chi connectivity index (χ2v) is 37.0. The molecule has 0 amide bonds. The highest BCUT2D eigenvalue weighted by atomic mass is 32.1. The number of esters is 3. The predicted molar refractivity (Wildman–Crippen MR) is 468 cm³/mol. The van der Waals surface area contributed by atoms with Gasteiger partial charge in [0.25, 0.3) is 0 Å². The lowest BCUT2D eigenvalue weighted by molar-refractivity contribution is -0.368. The third kappa shape index (κ3) is 16.1. The van der Waals surface area contributed by atoms with Crippen LogP contribution in [-0.4, -0.2) is 258 Å². The van der Waals surface area contributed by atoms with Crippen LogP contribution in [0.3, 0.4) is 0 Å². The Hall–Kier alpha value is -10.9. The molecule has 15 heterocycles. The van der Waals surface area contributed by atoms with Gasteiger partial charge in [0.15, 0.2) is 107 Å². The van der Waals surface area contributed by atoms with E-state index in [1.807, 2.05) is 52.5 Å². The first-order valence-corrected chi connectivity index (χ1v) is 46.2. The van der Waals surface area contributed by atoms with Gasteiger partial charge in [0.05, 0.1) is 144 Å². The van der Waals surface area contributed by atoms with Crippen LogP contribution in [0.25, 0.3) is 0 Å². The number of aliphatic hydroxyl groups excluding tert-OH is 6. The number of carbonyl (C=O) groups is 3. The normalized spacial score (nSPS) is 38.3. The maximum absolute atomic E-state index is 13.8. The number of fused-ring (bicyclic) bond motifs is 12. The Morgan fingerprint density at radius 2 is 0.667 bits per heavy atom. The molecule has 0 unspecified atom stereocenters. The van der Waals surface area contributed by atoms with Gasteiger partial charge in [-0.15, -0.1) is 34.0 Å². The average molecular weight is 1980 g/mol. The SMILES string of the molecule is [2H]C([2H])([2H])Oc1cc([C@@H]2c3cc4c(cc3[C@@H](O[C@@H]3O[C@@H]5CO[C@@H](c6cccs6)O[C@H]5[C@H](O)[C@H]3O)[C@H]3COC(=O)[C@]23[2H])OCO4)cc(OC([2H])([2H])[2H])c1O.[2H]C1([2H])OC(=O)[C@]2([2H])[C@H](c3cc(OC)c(O)c(OC)c3)c3cc4c(cc3[C@@H](O[C@@H]3O[C@@H]5CO[C@@H](c6cccs6)O[C@H]5[C@H](O)[C@H]3O)[C@@H]12)OCO4.[2H][C@@]1(c2cc(OC)c(O)c(OC)c2)c2cc3c(cc2[C@@H](O[C@@H]2O[C@@H]4CO[C@@H](c5cccs5)O[C@H]4[C@H](O)[C@H]2O)[C@H]2COC(=O)[C@@]21[2H])OCO3. The minimum absolute atomic E-state index is 0.00921. The van der Waals surface area contributed by atoms with Crippen molar-refractivity contribution in [3.05, 3.63) is 190 Å². The van der Waals surface area contributed by atoms with Crippen molar-refractivity contribution < 1.29 is 205 Å². The van der Waals surface area contributed by atoms with Gasteiger partial charge < -0.3 is 174 Å². The lowest BCUT2D eigenvalue weighted by Crippen LogP contribution is -2.62. The van der Waals surface area contributed by atoms with Crippen LogP contribution in [0.2, 0.25) is 0 Å². The zero-order valence-electron chi connectivity index (χ0n) is 84.8. The Labute approximate surface area is 814 Å². The van der Waals surface area contributed by atoms with Crippen molar-refractivity contribution in [2.24, 2.45) is 35.4 Å². The number of hydrogen-bond donors (Lipinski definition) is 9. The van der Waals surface area contributed by atoms with Crippen molar-refractivity contribution in [2.75, 3.05) is 102 Å². The van der Waals surface area contributed by atoms with Gasteiger partial charge in [-0.2, -0.15) is 0 Å². The molecule has 138 heavy (non-hydrogen) atoms. The van der Waals surface area contributed by atoms with Gasteiger partial charge in [-0.1, -0.05) is 18.2 Å². The highest BCUT2D eigenvalue weighted by molar-refractivity contribution is 7.10. The summed E-state index contributed by atoms with van der Waals surface area (Å²) in [5.74, 6) is -20.3. The van der Waals surface area contributed by atoms with E-state index in [2.05, 4.69) is 0 Å². The first-order chi connectivity index (χ1) is 71.6. The molecule has 0 bridgehead atoms. The summed E-state index contributed by atoms with van der Waals surface area (Å²) < 4.78 is 258. The van der Waals surface area contributed by atoms with E-state index in [0.29, 0.717) is 33.9 Å². The Morgan fingerprint density at radius 3 is 1.02 bits per heavy atom. The highest BCUT2D eigenvalue weighted by Gasteiger charge is 2.62. The molecular weight excluding hydrogens is 1870 g/mol. The zero-order valence-corrected chi connectivity index (χ0v) is 75.2. The number of phenolic OH excluding ortho intramolecular Hbond substituents is 3. The molecule has 30 atom stereocenters. The second-order valence-electron chi connectivity index (χ2n) is 34.1. The number of hydrogen-bond acceptors (Lipinski definition) is 42. The molecule has 9 saturated heterocycles. The molecule has 6 aromatic carbocycles. The topological polar surface area (TPSA) is 482 Å². The fourth-order valence-corrected chi connectivity index (χ4v) is 22.3. The number of cyclic esters (lactones) is 3. The Balaban J connectivity index is 0.000000127. The lowest BCUT2D eigenvalue weighted by Gasteiger charge is -2.48. The summed E-state index contributed by atoms with van der Waals surface area (Å²) in [5.41, 5.74) is 1.92. The monoisotopic (exact) mass is 1980 g/mol. The third-order valence-electron chi connectivity index (χ3n) is 26.7. The van der Waals surface area contributed by atoms with Crippen molar-refractivity contribution in [1.82, 2.24) is 0 Å². The quantitative estimate of drug-likeness (QED) is 0.0288. The predicted octanol–water partition coefficient (Wildman–Crippen LogP) is 8.26. The van der Waals surface area contributed by atoms with Gasteiger partial charge >= 0.3 is 17.9 Å². The van der Waals surface area contributed by atoms with E-state index < -0.39 is 238 Å². The molecule has 0 spiro atoms. The first kappa shape index (κ1) is 78.9. The van der Waals surface area contributed by atoms with Gasteiger partial charge in [-0.3, -0.25) is 14.4 Å². The van der Waals surface area contributed by atoms with E-state index in [1.54, 1.807) is 24.3 Å². The van der Waals surface area contributed by atoms with Crippen molar-refractivity contribution in [2.45, 2.75) is 147 Å². The minimum Gasteiger partial charge on any atom is -0.502 e. The largest absolute Gasteiger partial charge is 0.502 e. The summed E-state index contributed by atoms with van der Waals surface area (Å²) in [6.07, 6.45) is -25.6. The van der Waals surface area contributed by atoms with Crippen molar-refractivity contribution >= 4 is 51.9 Å². The summed E-state index contributed by atoms with van der Waals surface area (Å²) in [6, 6.07) is 28.1. The lowest BCUT2D eigenvalue weighted by atomic mass is 9.66. The van der Waals surface area contributed by atoms with Crippen LogP contribution in [-0.2, 0) is 85.4 Å². The summed E-state index contributed by atoms with van der Waals surface area (Å²) in [4.78, 5) is 43.6. The molecule has 42 heteroatoms. The van der Waals surface area contributed by atoms with Crippen LogP contribution in [0.4, 0.5) is 0 Å². The summed E-state index contributed by atoms with van der Waals surface area (Å²) in [7, 11) is -0.909. The van der Waals surface area contributed by atoms with Crippen LogP contribution in [0.15, 0.2) is 125 Å². The molecule has 0 radical (unpaired) electrons.